The van der Waals surface area contributed by atoms with Crippen LogP contribution in [0.1, 0.15) is 44.2 Å². The van der Waals surface area contributed by atoms with E-state index >= 15 is 0 Å². The van der Waals surface area contributed by atoms with Crippen LogP contribution in [0, 0.1) is 5.92 Å². The Bertz CT molecular complexity index is 1710. The number of nitrogens with one attached hydrogen (secondary N) is 6. The van der Waals surface area contributed by atoms with Crippen molar-refractivity contribution in [1.29, 1.82) is 0 Å². The molecule has 2 aromatic rings. The van der Waals surface area contributed by atoms with Crippen molar-refractivity contribution < 1.29 is 63.8 Å². The van der Waals surface area contributed by atoms with Gasteiger partial charge in [-0.25, -0.2) is 0 Å². The van der Waals surface area contributed by atoms with Gasteiger partial charge in [0, 0.05) is 25.7 Å². The number of rotatable bonds is 21. The SMILES string of the molecule is CC(C)C[C@H](NC(=O)[C@H](Cc1ccccc1)NC(=O)CNC(=O)CNC(=O)[C@H](Cc1ccc(O)cc1)NC(=O)CCC(=O)N[C@@H]1O[C@H](CO)[C@@H](O)[C@H](O)[C@H]1O)C(N)=O. The van der Waals surface area contributed by atoms with E-state index in [2.05, 4.69) is 31.9 Å². The number of primary amides is 1. The highest BCUT2D eigenvalue weighted by atomic mass is 16.6. The number of carbonyl (C=O) groups is 7. The molecule has 3 rings (SSSR count). The summed E-state index contributed by atoms with van der Waals surface area (Å²) in [6.45, 7) is 1.78. The lowest BCUT2D eigenvalue weighted by Gasteiger charge is -2.40. The monoisotopic (exact) mass is 815 g/mol. The van der Waals surface area contributed by atoms with Gasteiger partial charge >= 0.3 is 0 Å². The zero-order valence-corrected chi connectivity index (χ0v) is 32.1. The number of amides is 7. The van der Waals surface area contributed by atoms with Crippen LogP contribution in [0.15, 0.2) is 54.6 Å². The molecule has 0 aliphatic carbocycles. The zero-order valence-electron chi connectivity index (χ0n) is 32.1. The molecular weight excluding hydrogens is 762 g/mol. The second-order valence-corrected chi connectivity index (χ2v) is 14.2. The maximum Gasteiger partial charge on any atom is 0.243 e. The van der Waals surface area contributed by atoms with E-state index in [0.717, 1.165) is 0 Å². The smallest absolute Gasteiger partial charge is 0.243 e. The third-order valence-electron chi connectivity index (χ3n) is 8.97. The first-order valence-corrected chi connectivity index (χ1v) is 18.6. The topological polar surface area (TPSA) is 328 Å². The predicted octanol–water partition coefficient (Wildman–Crippen LogP) is -3.91. The Morgan fingerprint density at radius 1 is 0.672 bits per heavy atom. The molecular formula is C38H53N7O13. The van der Waals surface area contributed by atoms with Crippen molar-refractivity contribution in [3.05, 3.63) is 65.7 Å². The maximum absolute atomic E-state index is 13.2. The number of aliphatic hydroxyl groups is 4. The van der Waals surface area contributed by atoms with Crippen molar-refractivity contribution in [2.24, 2.45) is 11.7 Å². The van der Waals surface area contributed by atoms with E-state index in [1.807, 2.05) is 13.8 Å². The van der Waals surface area contributed by atoms with Crippen LogP contribution in [0.5, 0.6) is 5.75 Å². The molecule has 1 saturated heterocycles. The molecule has 1 aliphatic rings. The minimum absolute atomic E-state index is 0.0316. The number of aromatic hydroxyl groups is 1. The molecule has 58 heavy (non-hydrogen) atoms. The fourth-order valence-corrected chi connectivity index (χ4v) is 5.85. The fraction of sp³-hybridized carbons (Fsp3) is 0.500. The Hall–Kier alpha value is -5.67. The van der Waals surface area contributed by atoms with Gasteiger partial charge in [-0.2, -0.15) is 0 Å². The standard InChI is InChI=1S/C38H53N7O13/c1-20(2)14-24(35(39)55)44-37(57)26(15-21-6-4-3-5-7-21)43-31(51)18-40-30(50)17-41-36(56)25(16-22-8-10-23(47)11-9-22)42-28(48)12-13-29(49)45-38-34(54)33(53)32(52)27(19-46)58-38/h3-11,20,24-27,32-34,38,46-47,52-54H,12-19H2,1-2H3,(H2,39,55)(H,40,50)(H,41,56)(H,42,48)(H,43,51)(H,44,57)(H,45,49)/t24-,25-,26-,27+,32+,33-,34+,38+/m0/s1. The van der Waals surface area contributed by atoms with Gasteiger partial charge < -0.3 is 67.9 Å². The molecule has 7 amide bonds. The average Bonchev–Trinajstić information content (AvgIpc) is 3.18. The third kappa shape index (κ3) is 15.3. The Labute approximate surface area is 334 Å². The summed E-state index contributed by atoms with van der Waals surface area (Å²) >= 11 is 0. The first-order valence-electron chi connectivity index (χ1n) is 18.6. The Kier molecular flexibility index (Phi) is 18.5. The summed E-state index contributed by atoms with van der Waals surface area (Å²) in [6.07, 6.45) is -8.54. The lowest BCUT2D eigenvalue weighted by molar-refractivity contribution is -0.236. The summed E-state index contributed by atoms with van der Waals surface area (Å²) in [5, 5.41) is 63.7. The molecule has 0 unspecified atom stereocenters. The highest BCUT2D eigenvalue weighted by molar-refractivity contribution is 5.94. The maximum atomic E-state index is 13.2. The van der Waals surface area contributed by atoms with Crippen LogP contribution in [-0.2, 0) is 51.1 Å². The summed E-state index contributed by atoms with van der Waals surface area (Å²) in [7, 11) is 0. The zero-order chi connectivity index (χ0) is 42.9. The largest absolute Gasteiger partial charge is 0.508 e. The number of carbonyl (C=O) groups excluding carboxylic acids is 7. The van der Waals surface area contributed by atoms with E-state index in [1.54, 1.807) is 30.3 Å². The predicted molar refractivity (Wildman–Crippen MR) is 204 cm³/mol. The van der Waals surface area contributed by atoms with E-state index in [-0.39, 0.29) is 30.9 Å². The molecule has 1 fully saturated rings. The van der Waals surface area contributed by atoms with E-state index in [1.165, 1.54) is 24.3 Å². The first-order chi connectivity index (χ1) is 27.5. The lowest BCUT2D eigenvalue weighted by atomic mass is 9.98. The molecule has 20 heteroatoms. The van der Waals surface area contributed by atoms with Crippen LogP contribution in [0.4, 0.5) is 0 Å². The number of hydrogen-bond acceptors (Lipinski definition) is 13. The normalized spacial score (nSPS) is 20.4. The van der Waals surface area contributed by atoms with E-state index in [4.69, 9.17) is 10.5 Å². The molecule has 1 aliphatic heterocycles. The summed E-state index contributed by atoms with van der Waals surface area (Å²) < 4.78 is 5.24. The lowest BCUT2D eigenvalue weighted by Crippen LogP contribution is -2.63. The molecule has 1 heterocycles. The van der Waals surface area contributed by atoms with Gasteiger partial charge in [-0.3, -0.25) is 33.6 Å². The van der Waals surface area contributed by atoms with Gasteiger partial charge in [0.2, 0.25) is 41.4 Å². The van der Waals surface area contributed by atoms with Crippen molar-refractivity contribution >= 4 is 41.4 Å². The number of phenols is 1. The van der Waals surface area contributed by atoms with E-state index in [9.17, 15) is 59.1 Å². The van der Waals surface area contributed by atoms with Gasteiger partial charge in [-0.05, 0) is 35.6 Å². The summed E-state index contributed by atoms with van der Waals surface area (Å²) in [6, 6.07) is 11.1. The Balaban J connectivity index is 1.56. The number of phenolic OH excluding ortho intramolecular Hbond substituents is 1. The molecule has 8 atom stereocenters. The second kappa shape index (κ2) is 22.9. The van der Waals surface area contributed by atoms with Crippen molar-refractivity contribution in [3.63, 3.8) is 0 Å². The van der Waals surface area contributed by atoms with Gasteiger partial charge in [-0.15, -0.1) is 0 Å². The number of ether oxygens (including phenoxy) is 1. The van der Waals surface area contributed by atoms with Gasteiger partial charge in [0.05, 0.1) is 19.7 Å². The quantitative estimate of drug-likeness (QED) is 0.0574. The number of nitrogens with two attached hydrogens (primary N) is 1. The second-order valence-electron chi connectivity index (χ2n) is 14.2. The minimum Gasteiger partial charge on any atom is -0.508 e. The van der Waals surface area contributed by atoms with Crippen molar-refractivity contribution in [3.8, 4) is 5.75 Å². The van der Waals surface area contributed by atoms with Crippen molar-refractivity contribution in [2.45, 2.75) is 94.7 Å². The van der Waals surface area contributed by atoms with Crippen LogP contribution in [0.25, 0.3) is 0 Å². The van der Waals surface area contributed by atoms with Crippen LogP contribution in [0.3, 0.4) is 0 Å². The van der Waals surface area contributed by atoms with Gasteiger partial charge in [-0.1, -0.05) is 56.3 Å². The average molecular weight is 816 g/mol. The summed E-state index contributed by atoms with van der Waals surface area (Å²) in [5.41, 5.74) is 6.71. The Morgan fingerprint density at radius 2 is 1.24 bits per heavy atom. The van der Waals surface area contributed by atoms with E-state index in [0.29, 0.717) is 11.1 Å². The third-order valence-corrected chi connectivity index (χ3v) is 8.97. The molecule has 0 aromatic heterocycles. The Morgan fingerprint density at radius 3 is 1.84 bits per heavy atom. The molecule has 0 spiro atoms. The van der Waals surface area contributed by atoms with Gasteiger partial charge in [0.15, 0.2) is 6.23 Å². The summed E-state index contributed by atoms with van der Waals surface area (Å²) in [5.74, 6) is -5.31. The number of benzene rings is 2. The van der Waals surface area contributed by atoms with Crippen LogP contribution >= 0.6 is 0 Å². The molecule has 318 valence electrons. The van der Waals surface area contributed by atoms with Crippen molar-refractivity contribution in [1.82, 2.24) is 31.9 Å². The highest BCUT2D eigenvalue weighted by Gasteiger charge is 2.44. The molecule has 20 nitrogen and oxygen atoms in total. The van der Waals surface area contributed by atoms with Gasteiger partial charge in [0.1, 0.15) is 48.3 Å². The van der Waals surface area contributed by atoms with Crippen LogP contribution in [-0.4, -0.2) is 135 Å². The van der Waals surface area contributed by atoms with E-state index < -0.39 is 123 Å². The van der Waals surface area contributed by atoms with Gasteiger partial charge in [0.25, 0.3) is 0 Å². The molecule has 13 N–H and O–H groups in total. The molecule has 2 aromatic carbocycles. The highest BCUT2D eigenvalue weighted by Crippen LogP contribution is 2.20. The van der Waals surface area contributed by atoms with Crippen LogP contribution in [0.2, 0.25) is 0 Å². The number of hydrogen-bond donors (Lipinski definition) is 12. The number of aliphatic hydroxyl groups excluding tert-OH is 4. The molecule has 0 bridgehead atoms. The molecule has 0 radical (unpaired) electrons. The van der Waals surface area contributed by atoms with Crippen LogP contribution < -0.4 is 37.6 Å². The van der Waals surface area contributed by atoms with Crippen molar-refractivity contribution in [2.75, 3.05) is 19.7 Å². The minimum atomic E-state index is -1.74. The first kappa shape index (κ1) is 46.7. The fourth-order valence-electron chi connectivity index (χ4n) is 5.85. The summed E-state index contributed by atoms with van der Waals surface area (Å²) in [4.78, 5) is 89.5. The molecule has 0 saturated carbocycles.